The van der Waals surface area contributed by atoms with Crippen molar-refractivity contribution in [2.24, 2.45) is 5.92 Å². The van der Waals surface area contributed by atoms with Gasteiger partial charge in [0.2, 0.25) is 0 Å². The highest BCUT2D eigenvalue weighted by Gasteiger charge is 2.21. The lowest BCUT2D eigenvalue weighted by Gasteiger charge is -2.03. The number of nitrogens with zero attached hydrogens (tertiary/aromatic N) is 1. The van der Waals surface area contributed by atoms with Crippen molar-refractivity contribution in [3.8, 4) is 22.6 Å². The maximum atomic E-state index is 13.3. The smallest absolute Gasteiger partial charge is 0.306 e. The molecule has 0 saturated heterocycles. The molecule has 146 valence electrons. The second kappa shape index (κ2) is 7.55. The molecule has 0 aliphatic rings. The van der Waals surface area contributed by atoms with Gasteiger partial charge in [-0.3, -0.25) is 4.79 Å². The van der Waals surface area contributed by atoms with Crippen molar-refractivity contribution >= 4 is 15.8 Å². The number of rotatable bonds is 6. The van der Waals surface area contributed by atoms with Crippen LogP contribution in [0.3, 0.4) is 0 Å². The first-order valence-corrected chi connectivity index (χ1v) is 10.3. The zero-order chi connectivity index (χ0) is 20.5. The highest BCUT2D eigenvalue weighted by atomic mass is 32.2. The zero-order valence-electron chi connectivity index (χ0n) is 15.2. The van der Waals surface area contributed by atoms with Crippen LogP contribution in [-0.2, 0) is 21.1 Å². The Bertz CT molecular complexity index is 1100. The van der Waals surface area contributed by atoms with E-state index >= 15 is 0 Å². The quantitative estimate of drug-likeness (QED) is 0.672. The summed E-state index contributed by atoms with van der Waals surface area (Å²) in [5, 5.41) is 9.12. The molecule has 1 unspecified atom stereocenters. The molecule has 0 fully saturated rings. The molecule has 28 heavy (non-hydrogen) atoms. The van der Waals surface area contributed by atoms with Crippen molar-refractivity contribution in [1.29, 1.82) is 0 Å². The second-order valence-electron chi connectivity index (χ2n) is 6.53. The van der Waals surface area contributed by atoms with Crippen molar-refractivity contribution in [3.05, 3.63) is 60.2 Å². The molecule has 1 aromatic heterocycles. The molecule has 3 rings (SSSR count). The molecule has 1 N–H and O–H groups in total. The van der Waals surface area contributed by atoms with E-state index in [1.807, 2.05) is 0 Å². The minimum absolute atomic E-state index is 0.0882. The van der Waals surface area contributed by atoms with Crippen LogP contribution >= 0.6 is 0 Å². The van der Waals surface area contributed by atoms with Gasteiger partial charge in [-0.2, -0.15) is 0 Å². The largest absolute Gasteiger partial charge is 0.481 e. The molecule has 3 aromatic rings. The average Bonchev–Trinajstić information content (AvgIpc) is 3.05. The van der Waals surface area contributed by atoms with E-state index < -0.39 is 27.5 Å². The molecule has 0 radical (unpaired) electrons. The van der Waals surface area contributed by atoms with E-state index in [-0.39, 0.29) is 17.2 Å². The molecule has 0 aliphatic carbocycles. The summed E-state index contributed by atoms with van der Waals surface area (Å²) >= 11 is 0. The van der Waals surface area contributed by atoms with Crippen LogP contribution in [0.15, 0.2) is 57.8 Å². The highest BCUT2D eigenvalue weighted by Crippen LogP contribution is 2.34. The third-order valence-corrected chi connectivity index (χ3v) is 5.36. The maximum absolute atomic E-state index is 13.3. The molecule has 6 nitrogen and oxygen atoms in total. The van der Waals surface area contributed by atoms with Crippen molar-refractivity contribution in [1.82, 2.24) is 4.98 Å². The fraction of sp³-hybridized carbons (Fsp3) is 0.200. The van der Waals surface area contributed by atoms with Gasteiger partial charge in [-0.25, -0.2) is 17.8 Å². The van der Waals surface area contributed by atoms with E-state index in [0.717, 1.165) is 6.26 Å². The number of sulfone groups is 1. The van der Waals surface area contributed by atoms with Gasteiger partial charge in [-0.15, -0.1) is 0 Å². The topological polar surface area (TPSA) is 97.5 Å². The Hall–Kier alpha value is -3.00. The van der Waals surface area contributed by atoms with Gasteiger partial charge in [0, 0.05) is 23.8 Å². The number of aliphatic carboxylic acids is 1. The van der Waals surface area contributed by atoms with Crippen molar-refractivity contribution in [3.63, 3.8) is 0 Å². The second-order valence-corrected chi connectivity index (χ2v) is 8.55. The Kier molecular flexibility index (Phi) is 5.33. The summed E-state index contributed by atoms with van der Waals surface area (Å²) in [5.74, 6) is -1.47. The standard InChI is InChI=1S/C20H18FNO5S/c1-12(20(23)24)11-17-22-18(13-3-7-15(21)8-4-13)19(27-17)14-5-9-16(10-6-14)28(2,25)26/h3-10,12H,11H2,1-2H3,(H,23,24). The molecule has 8 heteroatoms. The molecule has 0 spiro atoms. The van der Waals surface area contributed by atoms with Crippen LogP contribution in [0.25, 0.3) is 22.6 Å². The Balaban J connectivity index is 2.08. The molecular formula is C20H18FNO5S. The number of carboxylic acids is 1. The predicted molar refractivity (Wildman–Crippen MR) is 101 cm³/mol. The number of benzene rings is 2. The maximum Gasteiger partial charge on any atom is 0.306 e. The fourth-order valence-corrected chi connectivity index (χ4v) is 3.28. The van der Waals surface area contributed by atoms with Gasteiger partial charge in [-0.05, 0) is 48.5 Å². The van der Waals surface area contributed by atoms with E-state index in [0.29, 0.717) is 22.6 Å². The molecule has 1 atom stereocenters. The van der Waals surface area contributed by atoms with Crippen molar-refractivity contribution in [2.45, 2.75) is 18.2 Å². The Morgan fingerprint density at radius 3 is 2.21 bits per heavy atom. The van der Waals surface area contributed by atoms with E-state index in [2.05, 4.69) is 4.98 Å². The number of hydrogen-bond donors (Lipinski definition) is 1. The first kappa shape index (κ1) is 19.8. The summed E-state index contributed by atoms with van der Waals surface area (Å²) in [5.41, 5.74) is 1.61. The van der Waals surface area contributed by atoms with Gasteiger partial charge in [-0.1, -0.05) is 6.92 Å². The Morgan fingerprint density at radius 2 is 1.68 bits per heavy atom. The molecule has 0 aliphatic heterocycles. The van der Waals surface area contributed by atoms with Gasteiger partial charge in [0.25, 0.3) is 0 Å². The Morgan fingerprint density at radius 1 is 1.11 bits per heavy atom. The van der Waals surface area contributed by atoms with Gasteiger partial charge < -0.3 is 9.52 Å². The number of carboxylic acid groups (broad SMARTS) is 1. The van der Waals surface area contributed by atoms with Gasteiger partial charge in [0.05, 0.1) is 10.8 Å². The molecule has 0 bridgehead atoms. The molecule has 1 heterocycles. The van der Waals surface area contributed by atoms with Gasteiger partial charge >= 0.3 is 5.97 Å². The number of oxazole rings is 1. The van der Waals surface area contributed by atoms with Crippen LogP contribution in [0, 0.1) is 11.7 Å². The molecule has 0 amide bonds. The summed E-state index contributed by atoms with van der Waals surface area (Å²) < 4.78 is 42.4. The fourth-order valence-electron chi connectivity index (χ4n) is 2.65. The van der Waals surface area contributed by atoms with Crippen LogP contribution in [0.5, 0.6) is 0 Å². The summed E-state index contributed by atoms with van der Waals surface area (Å²) in [6.07, 6.45) is 1.21. The van der Waals surface area contributed by atoms with E-state index in [1.165, 1.54) is 24.3 Å². The van der Waals surface area contributed by atoms with E-state index in [1.54, 1.807) is 31.2 Å². The minimum atomic E-state index is -3.34. The lowest BCUT2D eigenvalue weighted by atomic mass is 10.1. The average molecular weight is 403 g/mol. The minimum Gasteiger partial charge on any atom is -0.481 e. The zero-order valence-corrected chi connectivity index (χ0v) is 16.0. The monoisotopic (exact) mass is 403 g/mol. The van der Waals surface area contributed by atoms with Crippen LogP contribution in [0.1, 0.15) is 12.8 Å². The SMILES string of the molecule is CC(Cc1nc(-c2ccc(F)cc2)c(-c2ccc(S(C)(=O)=O)cc2)o1)C(=O)O. The van der Waals surface area contributed by atoms with Crippen LogP contribution in [0.4, 0.5) is 4.39 Å². The van der Waals surface area contributed by atoms with E-state index in [9.17, 15) is 17.6 Å². The third-order valence-electron chi connectivity index (χ3n) is 4.24. The van der Waals surface area contributed by atoms with Crippen LogP contribution in [0.2, 0.25) is 0 Å². The van der Waals surface area contributed by atoms with Crippen LogP contribution < -0.4 is 0 Å². The first-order valence-electron chi connectivity index (χ1n) is 8.44. The highest BCUT2D eigenvalue weighted by molar-refractivity contribution is 7.90. The summed E-state index contributed by atoms with van der Waals surface area (Å²) in [7, 11) is -3.34. The number of hydrogen-bond acceptors (Lipinski definition) is 5. The summed E-state index contributed by atoms with van der Waals surface area (Å²) in [6, 6.07) is 11.8. The first-order chi connectivity index (χ1) is 13.1. The molecule has 0 saturated carbocycles. The normalized spacial score (nSPS) is 12.7. The number of carbonyl (C=O) groups is 1. The van der Waals surface area contributed by atoms with Gasteiger partial charge in [0.15, 0.2) is 21.5 Å². The number of halogens is 1. The Labute approximate surface area is 161 Å². The van der Waals surface area contributed by atoms with Crippen molar-refractivity contribution in [2.75, 3.05) is 6.26 Å². The number of aromatic nitrogens is 1. The molecular weight excluding hydrogens is 385 g/mol. The van der Waals surface area contributed by atoms with Crippen molar-refractivity contribution < 1.29 is 27.1 Å². The predicted octanol–water partition coefficient (Wildman–Crippen LogP) is 3.81. The van der Waals surface area contributed by atoms with E-state index in [4.69, 9.17) is 9.52 Å². The third kappa shape index (κ3) is 4.28. The summed E-state index contributed by atoms with van der Waals surface area (Å²) in [4.78, 5) is 15.7. The molecule has 2 aromatic carbocycles. The van der Waals surface area contributed by atoms with Crippen LogP contribution in [-0.4, -0.2) is 30.7 Å². The lowest BCUT2D eigenvalue weighted by molar-refractivity contribution is -0.141. The summed E-state index contributed by atoms with van der Waals surface area (Å²) in [6.45, 7) is 1.55. The van der Waals surface area contributed by atoms with Gasteiger partial charge in [0.1, 0.15) is 11.5 Å². The lowest BCUT2D eigenvalue weighted by Crippen LogP contribution is -2.12.